The number of hydrogen-bond acceptors (Lipinski definition) is 2. The Morgan fingerprint density at radius 1 is 1.13 bits per heavy atom. The van der Waals surface area contributed by atoms with Crippen LogP contribution in [0.15, 0.2) is 48.5 Å². The standard InChI is InChI=1S/C19H21ClN2O/c1-14-5-7-18(8-6-14)22-11-9-15(10-12-22)19(23)21-17-4-2-3-16(20)13-17/h2-8,13,15H,9-12H2,1H3,(H,21,23). The summed E-state index contributed by atoms with van der Waals surface area (Å²) >= 11 is 5.95. The Labute approximate surface area is 142 Å². The second-order valence-electron chi connectivity index (χ2n) is 6.10. The van der Waals surface area contributed by atoms with E-state index in [2.05, 4.69) is 41.4 Å². The Morgan fingerprint density at radius 3 is 2.48 bits per heavy atom. The van der Waals surface area contributed by atoms with Crippen LogP contribution in [0.25, 0.3) is 0 Å². The zero-order valence-electron chi connectivity index (χ0n) is 13.3. The van der Waals surface area contributed by atoms with Crippen LogP contribution in [0, 0.1) is 12.8 Å². The molecule has 4 heteroatoms. The molecule has 0 aliphatic carbocycles. The number of carbonyl (C=O) groups is 1. The van der Waals surface area contributed by atoms with Crippen LogP contribution in [0.2, 0.25) is 5.02 Å². The van der Waals surface area contributed by atoms with Gasteiger partial charge in [0.05, 0.1) is 0 Å². The first-order valence-corrected chi connectivity index (χ1v) is 8.38. The molecule has 1 fully saturated rings. The minimum absolute atomic E-state index is 0.0654. The van der Waals surface area contributed by atoms with E-state index >= 15 is 0 Å². The summed E-state index contributed by atoms with van der Waals surface area (Å²) in [5, 5.41) is 3.61. The van der Waals surface area contributed by atoms with Gasteiger partial charge in [-0.05, 0) is 50.1 Å². The number of nitrogens with one attached hydrogen (secondary N) is 1. The molecular formula is C19H21ClN2O. The third-order valence-corrected chi connectivity index (χ3v) is 4.59. The Bertz CT molecular complexity index is 676. The van der Waals surface area contributed by atoms with Crippen LogP contribution in [-0.4, -0.2) is 19.0 Å². The summed E-state index contributed by atoms with van der Waals surface area (Å²) in [6.45, 7) is 3.92. The highest BCUT2D eigenvalue weighted by Crippen LogP contribution is 2.25. The average molecular weight is 329 g/mol. The van der Waals surface area contributed by atoms with Gasteiger partial charge in [0, 0.05) is 35.4 Å². The van der Waals surface area contributed by atoms with Crippen molar-refractivity contribution in [2.24, 2.45) is 5.92 Å². The number of hydrogen-bond donors (Lipinski definition) is 1. The van der Waals surface area contributed by atoms with Crippen molar-refractivity contribution in [3.8, 4) is 0 Å². The lowest BCUT2D eigenvalue weighted by Crippen LogP contribution is -2.38. The lowest BCUT2D eigenvalue weighted by atomic mass is 9.95. The van der Waals surface area contributed by atoms with Gasteiger partial charge >= 0.3 is 0 Å². The molecule has 1 heterocycles. The first kappa shape index (κ1) is 15.9. The van der Waals surface area contributed by atoms with Gasteiger partial charge in [-0.15, -0.1) is 0 Å². The van der Waals surface area contributed by atoms with E-state index in [0.717, 1.165) is 31.6 Å². The molecule has 23 heavy (non-hydrogen) atoms. The SMILES string of the molecule is Cc1ccc(N2CCC(C(=O)Nc3cccc(Cl)c3)CC2)cc1. The minimum atomic E-state index is 0.0654. The molecule has 1 aliphatic heterocycles. The Kier molecular flexibility index (Phi) is 4.87. The van der Waals surface area contributed by atoms with Gasteiger partial charge in [-0.1, -0.05) is 35.4 Å². The van der Waals surface area contributed by atoms with E-state index in [4.69, 9.17) is 11.6 Å². The van der Waals surface area contributed by atoms with Crippen molar-refractivity contribution < 1.29 is 4.79 Å². The number of piperidine rings is 1. The highest BCUT2D eigenvalue weighted by atomic mass is 35.5. The van der Waals surface area contributed by atoms with E-state index in [1.807, 2.05) is 12.1 Å². The van der Waals surface area contributed by atoms with Crippen molar-refractivity contribution in [2.75, 3.05) is 23.3 Å². The fourth-order valence-electron chi connectivity index (χ4n) is 2.97. The van der Waals surface area contributed by atoms with Gasteiger partial charge in [-0.3, -0.25) is 4.79 Å². The fraction of sp³-hybridized carbons (Fsp3) is 0.316. The van der Waals surface area contributed by atoms with Crippen LogP contribution in [-0.2, 0) is 4.79 Å². The Balaban J connectivity index is 1.56. The summed E-state index contributed by atoms with van der Waals surface area (Å²) in [6.07, 6.45) is 1.75. The highest BCUT2D eigenvalue weighted by molar-refractivity contribution is 6.30. The first-order chi connectivity index (χ1) is 11.1. The first-order valence-electron chi connectivity index (χ1n) is 8.00. The Morgan fingerprint density at radius 2 is 1.83 bits per heavy atom. The van der Waals surface area contributed by atoms with Gasteiger partial charge in [0.15, 0.2) is 0 Å². The van der Waals surface area contributed by atoms with Crippen LogP contribution in [0.4, 0.5) is 11.4 Å². The van der Waals surface area contributed by atoms with Crippen molar-refractivity contribution in [1.82, 2.24) is 0 Å². The van der Waals surface area contributed by atoms with Gasteiger partial charge in [0.1, 0.15) is 0 Å². The molecular weight excluding hydrogens is 308 g/mol. The van der Waals surface area contributed by atoms with E-state index < -0.39 is 0 Å². The molecule has 1 saturated heterocycles. The maximum Gasteiger partial charge on any atom is 0.227 e. The number of nitrogens with zero attached hydrogens (tertiary/aromatic N) is 1. The van der Waals surface area contributed by atoms with E-state index in [9.17, 15) is 4.79 Å². The second-order valence-corrected chi connectivity index (χ2v) is 6.53. The van der Waals surface area contributed by atoms with Crippen molar-refractivity contribution in [2.45, 2.75) is 19.8 Å². The van der Waals surface area contributed by atoms with Crippen LogP contribution in [0.1, 0.15) is 18.4 Å². The van der Waals surface area contributed by atoms with Gasteiger partial charge in [-0.25, -0.2) is 0 Å². The van der Waals surface area contributed by atoms with Gasteiger partial charge in [0.25, 0.3) is 0 Å². The summed E-state index contributed by atoms with van der Waals surface area (Å²) in [6, 6.07) is 15.9. The summed E-state index contributed by atoms with van der Waals surface area (Å²) in [7, 11) is 0. The normalized spacial score (nSPS) is 15.5. The topological polar surface area (TPSA) is 32.3 Å². The van der Waals surface area contributed by atoms with Gasteiger partial charge in [0.2, 0.25) is 5.91 Å². The van der Waals surface area contributed by atoms with Crippen molar-refractivity contribution in [3.05, 3.63) is 59.1 Å². The lowest BCUT2D eigenvalue weighted by Gasteiger charge is -2.33. The maximum absolute atomic E-state index is 12.4. The third kappa shape index (κ3) is 4.05. The monoisotopic (exact) mass is 328 g/mol. The molecule has 0 saturated carbocycles. The highest BCUT2D eigenvalue weighted by Gasteiger charge is 2.25. The summed E-state index contributed by atoms with van der Waals surface area (Å²) < 4.78 is 0. The molecule has 120 valence electrons. The smallest absolute Gasteiger partial charge is 0.227 e. The second kappa shape index (κ2) is 7.05. The third-order valence-electron chi connectivity index (χ3n) is 4.36. The van der Waals surface area contributed by atoms with Crippen molar-refractivity contribution >= 4 is 28.9 Å². The average Bonchev–Trinajstić information content (AvgIpc) is 2.56. The molecule has 3 rings (SSSR count). The molecule has 1 aliphatic rings. The molecule has 2 aromatic rings. The predicted molar refractivity (Wildman–Crippen MR) is 96.2 cm³/mol. The maximum atomic E-state index is 12.4. The largest absolute Gasteiger partial charge is 0.371 e. The van der Waals surface area contributed by atoms with Crippen LogP contribution in [0.3, 0.4) is 0 Å². The van der Waals surface area contributed by atoms with Crippen LogP contribution >= 0.6 is 11.6 Å². The molecule has 1 N–H and O–H groups in total. The van der Waals surface area contributed by atoms with Crippen LogP contribution in [0.5, 0.6) is 0 Å². The van der Waals surface area contributed by atoms with E-state index in [0.29, 0.717) is 5.02 Å². The number of benzene rings is 2. The molecule has 3 nitrogen and oxygen atoms in total. The predicted octanol–water partition coefficient (Wildman–Crippen LogP) is 4.50. The Hall–Kier alpha value is -2.00. The van der Waals surface area contributed by atoms with Crippen molar-refractivity contribution in [3.63, 3.8) is 0 Å². The van der Waals surface area contributed by atoms with E-state index in [1.54, 1.807) is 12.1 Å². The molecule has 0 spiro atoms. The molecule has 0 aromatic heterocycles. The summed E-state index contributed by atoms with van der Waals surface area (Å²) in [5.41, 5.74) is 3.28. The zero-order chi connectivity index (χ0) is 16.2. The molecule has 0 radical (unpaired) electrons. The summed E-state index contributed by atoms with van der Waals surface area (Å²) in [5.74, 6) is 0.159. The molecule has 2 aromatic carbocycles. The number of amides is 1. The van der Waals surface area contributed by atoms with Gasteiger partial charge in [-0.2, -0.15) is 0 Å². The summed E-state index contributed by atoms with van der Waals surface area (Å²) in [4.78, 5) is 14.7. The zero-order valence-corrected chi connectivity index (χ0v) is 14.0. The quantitative estimate of drug-likeness (QED) is 0.899. The number of aryl methyl sites for hydroxylation is 1. The minimum Gasteiger partial charge on any atom is -0.371 e. The van der Waals surface area contributed by atoms with E-state index in [-0.39, 0.29) is 11.8 Å². The number of halogens is 1. The number of rotatable bonds is 3. The lowest BCUT2D eigenvalue weighted by molar-refractivity contribution is -0.120. The molecule has 0 bridgehead atoms. The number of carbonyl (C=O) groups excluding carboxylic acids is 1. The van der Waals surface area contributed by atoms with Gasteiger partial charge < -0.3 is 10.2 Å². The fourth-order valence-corrected chi connectivity index (χ4v) is 3.16. The van der Waals surface area contributed by atoms with E-state index in [1.165, 1.54) is 11.3 Å². The molecule has 0 atom stereocenters. The molecule has 1 amide bonds. The molecule has 0 unspecified atom stereocenters. The van der Waals surface area contributed by atoms with Crippen LogP contribution < -0.4 is 10.2 Å². The van der Waals surface area contributed by atoms with Crippen molar-refractivity contribution in [1.29, 1.82) is 0 Å². The number of anilines is 2.